The molecule has 0 radical (unpaired) electrons. The summed E-state index contributed by atoms with van der Waals surface area (Å²) in [7, 11) is 0. The molecule has 1 unspecified atom stereocenters. The summed E-state index contributed by atoms with van der Waals surface area (Å²) in [5.41, 5.74) is 7.15. The number of carbonyl (C=O) groups excluding carboxylic acids is 1. The van der Waals surface area contributed by atoms with E-state index in [9.17, 15) is 4.79 Å². The molecular weight excluding hydrogens is 460 g/mol. The molecule has 2 N–H and O–H groups in total. The lowest BCUT2D eigenvalue weighted by Crippen LogP contribution is -2.37. The van der Waals surface area contributed by atoms with Crippen LogP contribution in [0.5, 0.6) is 5.75 Å². The maximum Gasteiger partial charge on any atom is 0.288 e. The van der Waals surface area contributed by atoms with Crippen molar-refractivity contribution in [2.24, 2.45) is 10.4 Å². The predicted molar refractivity (Wildman–Crippen MR) is 134 cm³/mol. The largest absolute Gasteiger partial charge is 0.489 e. The van der Waals surface area contributed by atoms with Gasteiger partial charge < -0.3 is 14.8 Å². The number of ether oxygens (including phenoxy) is 2. The molecule has 4 heterocycles. The van der Waals surface area contributed by atoms with E-state index in [1.807, 2.05) is 52.1 Å². The number of amides is 1. The zero-order valence-electron chi connectivity index (χ0n) is 21.1. The van der Waals surface area contributed by atoms with Crippen LogP contribution in [0.25, 0.3) is 16.8 Å². The van der Waals surface area contributed by atoms with Crippen molar-refractivity contribution >= 4 is 17.3 Å². The zero-order chi connectivity index (χ0) is 25.3. The molecule has 190 valence electrons. The standard InChI is InChI=1S/C26H32N6O4/c1-16-11-17(5-6-18(16)13-27-24(33)23-30-25(36-31-23)26(2,3)4)22-21-12-20(14-32(21)29-15-28-22)35-19-7-9-34-10-8-19/h5-6,11-12,14-15,19,25H,7-10,13H2,1-4H3,(H,27,33)(H,30,31). The molecule has 2 aromatic heterocycles. The van der Waals surface area contributed by atoms with Crippen LogP contribution in [-0.2, 0) is 20.9 Å². The van der Waals surface area contributed by atoms with Gasteiger partial charge in [-0.05, 0) is 24.1 Å². The second-order valence-corrected chi connectivity index (χ2v) is 10.3. The highest BCUT2D eigenvalue weighted by Crippen LogP contribution is 2.29. The van der Waals surface area contributed by atoms with Gasteiger partial charge >= 0.3 is 0 Å². The van der Waals surface area contributed by atoms with Crippen LogP contribution in [0, 0.1) is 12.3 Å². The zero-order valence-corrected chi connectivity index (χ0v) is 21.1. The van der Waals surface area contributed by atoms with E-state index in [0.29, 0.717) is 6.54 Å². The predicted octanol–water partition coefficient (Wildman–Crippen LogP) is 3.18. The van der Waals surface area contributed by atoms with Gasteiger partial charge in [-0.25, -0.2) is 24.8 Å². The summed E-state index contributed by atoms with van der Waals surface area (Å²) in [6.07, 6.45) is 4.96. The first-order valence-corrected chi connectivity index (χ1v) is 12.2. The van der Waals surface area contributed by atoms with Gasteiger partial charge in [0.15, 0.2) is 6.23 Å². The summed E-state index contributed by atoms with van der Waals surface area (Å²) in [5, 5.41) is 7.27. The summed E-state index contributed by atoms with van der Waals surface area (Å²) in [5.74, 6) is 0.674. The van der Waals surface area contributed by atoms with Crippen molar-refractivity contribution in [3.05, 3.63) is 47.9 Å². The van der Waals surface area contributed by atoms with Crippen molar-refractivity contribution in [2.75, 3.05) is 13.2 Å². The van der Waals surface area contributed by atoms with Crippen LogP contribution in [0.1, 0.15) is 44.7 Å². The lowest BCUT2D eigenvalue weighted by molar-refractivity contribution is -0.115. The Bertz CT molecular complexity index is 1290. The molecule has 0 bridgehead atoms. The number of carbonyl (C=O) groups is 1. The van der Waals surface area contributed by atoms with Gasteiger partial charge in [-0.1, -0.05) is 32.9 Å². The normalized spacial score (nSPS) is 18.7. The minimum atomic E-state index is -0.402. The average Bonchev–Trinajstić information content (AvgIpc) is 3.51. The Morgan fingerprint density at radius 3 is 2.78 bits per heavy atom. The van der Waals surface area contributed by atoms with E-state index >= 15 is 0 Å². The van der Waals surface area contributed by atoms with Crippen molar-refractivity contribution in [1.82, 2.24) is 25.4 Å². The molecule has 3 aromatic rings. The number of aliphatic imine (C=N–C) groups is 1. The van der Waals surface area contributed by atoms with Gasteiger partial charge in [-0.3, -0.25) is 4.79 Å². The number of hydrogen-bond acceptors (Lipinski definition) is 8. The van der Waals surface area contributed by atoms with Crippen LogP contribution in [0.15, 0.2) is 41.8 Å². The van der Waals surface area contributed by atoms with Crippen LogP contribution < -0.4 is 15.5 Å². The maximum atomic E-state index is 12.6. The molecule has 10 nitrogen and oxygen atoms in total. The van der Waals surface area contributed by atoms with Crippen LogP contribution in [0.3, 0.4) is 0 Å². The Kier molecular flexibility index (Phi) is 6.63. The monoisotopic (exact) mass is 492 g/mol. The lowest BCUT2D eigenvalue weighted by atomic mass is 9.95. The Hall–Kier alpha value is -3.50. The molecular formula is C26H32N6O4. The average molecular weight is 493 g/mol. The third kappa shape index (κ3) is 5.19. The molecule has 1 aromatic carbocycles. The number of rotatable bonds is 6. The first-order valence-electron chi connectivity index (χ1n) is 12.2. The SMILES string of the molecule is Cc1cc(-c2ncnn3cc(OC4CCOCC4)cc23)ccc1CNC(=O)C1=NC(C(C)(C)C)ON1. The lowest BCUT2D eigenvalue weighted by Gasteiger charge is -2.22. The first-order chi connectivity index (χ1) is 17.3. The molecule has 2 aliphatic heterocycles. The fourth-order valence-corrected chi connectivity index (χ4v) is 4.24. The van der Waals surface area contributed by atoms with E-state index in [4.69, 9.17) is 14.3 Å². The first kappa shape index (κ1) is 24.2. The Morgan fingerprint density at radius 1 is 1.25 bits per heavy atom. The van der Waals surface area contributed by atoms with E-state index < -0.39 is 6.23 Å². The molecule has 0 spiro atoms. The number of hydrogen-bond donors (Lipinski definition) is 2. The molecule has 1 amide bonds. The molecule has 5 rings (SSSR count). The van der Waals surface area contributed by atoms with Gasteiger partial charge in [0.1, 0.15) is 18.2 Å². The molecule has 1 atom stereocenters. The van der Waals surface area contributed by atoms with Crippen LogP contribution >= 0.6 is 0 Å². The molecule has 0 saturated carbocycles. The maximum absolute atomic E-state index is 12.6. The third-order valence-corrected chi connectivity index (χ3v) is 6.38. The fraction of sp³-hybridized carbons (Fsp3) is 0.462. The number of nitrogens with one attached hydrogen (secondary N) is 2. The number of nitrogens with zero attached hydrogens (tertiary/aromatic N) is 4. The van der Waals surface area contributed by atoms with Gasteiger partial charge in [0.2, 0.25) is 5.84 Å². The highest BCUT2D eigenvalue weighted by molar-refractivity contribution is 6.37. The van der Waals surface area contributed by atoms with Gasteiger partial charge in [0, 0.05) is 36.4 Å². The van der Waals surface area contributed by atoms with Gasteiger partial charge in [0.25, 0.3) is 5.91 Å². The van der Waals surface area contributed by atoms with E-state index in [0.717, 1.165) is 59.7 Å². The van der Waals surface area contributed by atoms with Crippen molar-refractivity contribution in [2.45, 2.75) is 59.4 Å². The third-order valence-electron chi connectivity index (χ3n) is 6.38. The van der Waals surface area contributed by atoms with E-state index in [2.05, 4.69) is 31.9 Å². The molecule has 1 saturated heterocycles. The summed E-state index contributed by atoms with van der Waals surface area (Å²) < 4.78 is 13.4. The van der Waals surface area contributed by atoms with Crippen LogP contribution in [0.4, 0.5) is 0 Å². The highest BCUT2D eigenvalue weighted by Gasteiger charge is 2.32. The number of fused-ring (bicyclic) bond motifs is 1. The Morgan fingerprint density at radius 2 is 2.06 bits per heavy atom. The molecule has 1 fully saturated rings. The van der Waals surface area contributed by atoms with E-state index in [1.54, 1.807) is 10.8 Å². The van der Waals surface area contributed by atoms with E-state index in [-0.39, 0.29) is 23.3 Å². The van der Waals surface area contributed by atoms with Gasteiger partial charge in [-0.2, -0.15) is 5.10 Å². The van der Waals surface area contributed by atoms with Crippen molar-refractivity contribution < 1.29 is 19.1 Å². The number of benzene rings is 1. The number of aryl methyl sites for hydroxylation is 1. The summed E-state index contributed by atoms with van der Waals surface area (Å²) in [6, 6.07) is 8.06. The second-order valence-electron chi connectivity index (χ2n) is 10.3. The molecule has 2 aliphatic rings. The van der Waals surface area contributed by atoms with Gasteiger partial charge in [-0.15, -0.1) is 0 Å². The van der Waals surface area contributed by atoms with Crippen molar-refractivity contribution in [3.8, 4) is 17.0 Å². The second kappa shape index (κ2) is 9.87. The Labute approximate surface area is 210 Å². The van der Waals surface area contributed by atoms with Crippen molar-refractivity contribution in [1.29, 1.82) is 0 Å². The minimum Gasteiger partial charge on any atom is -0.489 e. The van der Waals surface area contributed by atoms with Crippen molar-refractivity contribution in [3.63, 3.8) is 0 Å². The number of amidine groups is 1. The quantitative estimate of drug-likeness (QED) is 0.544. The van der Waals surface area contributed by atoms with Gasteiger partial charge in [0.05, 0.1) is 30.6 Å². The summed E-state index contributed by atoms with van der Waals surface area (Å²) >= 11 is 0. The summed E-state index contributed by atoms with van der Waals surface area (Å²) in [4.78, 5) is 26.9. The Balaban J connectivity index is 1.29. The van der Waals surface area contributed by atoms with E-state index in [1.165, 1.54) is 0 Å². The smallest absolute Gasteiger partial charge is 0.288 e. The minimum absolute atomic E-state index is 0.153. The molecule has 36 heavy (non-hydrogen) atoms. The number of aromatic nitrogens is 3. The number of hydroxylamine groups is 1. The summed E-state index contributed by atoms with van der Waals surface area (Å²) in [6.45, 7) is 9.87. The molecule has 10 heteroatoms. The fourth-order valence-electron chi connectivity index (χ4n) is 4.24. The highest BCUT2D eigenvalue weighted by atomic mass is 16.7. The molecule has 0 aliphatic carbocycles. The van der Waals surface area contributed by atoms with Crippen LogP contribution in [0.2, 0.25) is 0 Å². The topological polar surface area (TPSA) is 111 Å². The van der Waals surface area contributed by atoms with Crippen LogP contribution in [-0.4, -0.2) is 51.9 Å².